The van der Waals surface area contributed by atoms with Gasteiger partial charge in [-0.25, -0.2) is 4.79 Å². The van der Waals surface area contributed by atoms with E-state index in [-0.39, 0.29) is 12.3 Å². The first kappa shape index (κ1) is 26.0. The quantitative estimate of drug-likeness (QED) is 0.178. The van der Waals surface area contributed by atoms with E-state index < -0.39 is 60.2 Å². The van der Waals surface area contributed by atoms with E-state index in [1.54, 1.807) is 0 Å². The van der Waals surface area contributed by atoms with Crippen LogP contribution in [0.1, 0.15) is 25.7 Å². The van der Waals surface area contributed by atoms with Crippen LogP contribution in [0.5, 0.6) is 0 Å². The second-order valence-electron chi connectivity index (χ2n) is 6.89. The Labute approximate surface area is 184 Å². The Kier molecular flexibility index (Phi) is 11.0. The van der Waals surface area contributed by atoms with Crippen LogP contribution in [0.25, 0.3) is 0 Å². The number of carboxylic acid groups (broad SMARTS) is 1. The number of thioether (sulfide) groups is 1. The lowest BCUT2D eigenvalue weighted by atomic mass is 10.1. The molecule has 0 bridgehead atoms. The molecular formula is C17H29N5O6S2. The smallest absolute Gasteiger partial charge is 0.326 e. The minimum atomic E-state index is -1.32. The molecule has 1 aliphatic rings. The fraction of sp³-hybridized carbons (Fsp3) is 0.706. The van der Waals surface area contributed by atoms with Crippen molar-refractivity contribution in [1.82, 2.24) is 15.5 Å². The van der Waals surface area contributed by atoms with Gasteiger partial charge in [-0.2, -0.15) is 24.4 Å². The second kappa shape index (κ2) is 12.6. The monoisotopic (exact) mass is 463 g/mol. The van der Waals surface area contributed by atoms with E-state index in [4.69, 9.17) is 11.5 Å². The van der Waals surface area contributed by atoms with E-state index in [1.807, 2.05) is 6.26 Å². The Hall–Kier alpha value is -1.99. The van der Waals surface area contributed by atoms with Crippen molar-refractivity contribution in [2.24, 2.45) is 11.5 Å². The van der Waals surface area contributed by atoms with Crippen LogP contribution in [0.4, 0.5) is 0 Å². The number of likely N-dealkylation sites (tertiary alicyclic amines) is 1. The zero-order valence-corrected chi connectivity index (χ0v) is 18.4. The first-order valence-electron chi connectivity index (χ1n) is 9.40. The number of hydrogen-bond acceptors (Lipinski definition) is 8. The van der Waals surface area contributed by atoms with Crippen molar-refractivity contribution in [1.29, 1.82) is 0 Å². The van der Waals surface area contributed by atoms with Crippen molar-refractivity contribution in [3.8, 4) is 0 Å². The molecule has 0 saturated carbocycles. The number of primary amides is 1. The lowest BCUT2D eigenvalue weighted by Gasteiger charge is -2.28. The second-order valence-corrected chi connectivity index (χ2v) is 8.24. The standard InChI is InChI=1S/C17H29N5O6S2/c1-30-6-4-9(18)14(24)20-10(7-13(19)23)15(25)21-11(8-29)16(26)22-5-2-3-12(22)17(27)28/h9-12,29H,2-8,18H2,1H3,(H2,19,23)(H,20,24)(H,21,25)(H,27,28). The number of nitrogens with zero attached hydrogens (tertiary/aromatic N) is 1. The van der Waals surface area contributed by atoms with Crippen LogP contribution in [0.2, 0.25) is 0 Å². The van der Waals surface area contributed by atoms with Gasteiger partial charge in [-0.3, -0.25) is 19.2 Å². The first-order valence-corrected chi connectivity index (χ1v) is 11.4. The maximum Gasteiger partial charge on any atom is 0.326 e. The minimum absolute atomic E-state index is 0.0993. The molecule has 4 amide bonds. The largest absolute Gasteiger partial charge is 0.480 e. The first-order chi connectivity index (χ1) is 14.1. The maximum absolute atomic E-state index is 12.7. The molecule has 0 aromatic rings. The lowest BCUT2D eigenvalue weighted by molar-refractivity contribution is -0.149. The van der Waals surface area contributed by atoms with Gasteiger partial charge in [-0.05, 0) is 31.3 Å². The molecule has 0 radical (unpaired) electrons. The molecule has 0 spiro atoms. The van der Waals surface area contributed by atoms with Gasteiger partial charge in [0.05, 0.1) is 12.5 Å². The van der Waals surface area contributed by atoms with E-state index in [0.29, 0.717) is 25.0 Å². The van der Waals surface area contributed by atoms with Crippen molar-refractivity contribution in [2.75, 3.05) is 24.3 Å². The summed E-state index contributed by atoms with van der Waals surface area (Å²) in [5.41, 5.74) is 11.0. The highest BCUT2D eigenvalue weighted by Gasteiger charge is 2.38. The maximum atomic E-state index is 12.7. The highest BCUT2D eigenvalue weighted by atomic mass is 32.2. The van der Waals surface area contributed by atoms with Gasteiger partial charge < -0.3 is 32.1 Å². The fourth-order valence-corrected chi connectivity index (χ4v) is 3.75. The van der Waals surface area contributed by atoms with E-state index >= 15 is 0 Å². The van der Waals surface area contributed by atoms with Crippen molar-refractivity contribution < 1.29 is 29.1 Å². The number of nitrogens with one attached hydrogen (secondary N) is 2. The molecule has 0 aromatic carbocycles. The molecule has 0 aromatic heterocycles. The summed E-state index contributed by atoms with van der Waals surface area (Å²) < 4.78 is 0. The van der Waals surface area contributed by atoms with Gasteiger partial charge in [0.15, 0.2) is 0 Å². The third-order valence-corrected chi connectivity index (χ3v) is 5.64. The van der Waals surface area contributed by atoms with Gasteiger partial charge >= 0.3 is 5.97 Å². The number of hydrogen-bond donors (Lipinski definition) is 6. The summed E-state index contributed by atoms with van der Waals surface area (Å²) in [7, 11) is 0. The van der Waals surface area contributed by atoms with Crippen molar-refractivity contribution in [2.45, 2.75) is 49.9 Å². The van der Waals surface area contributed by atoms with E-state index in [1.165, 1.54) is 16.7 Å². The number of carbonyl (C=O) groups excluding carboxylic acids is 4. The van der Waals surface area contributed by atoms with Crippen molar-refractivity contribution in [3.63, 3.8) is 0 Å². The van der Waals surface area contributed by atoms with E-state index in [9.17, 15) is 29.1 Å². The molecule has 1 heterocycles. The lowest BCUT2D eigenvalue weighted by Crippen LogP contribution is -2.58. The molecule has 11 nitrogen and oxygen atoms in total. The average Bonchev–Trinajstić information content (AvgIpc) is 3.18. The number of amides is 4. The van der Waals surface area contributed by atoms with E-state index in [0.717, 1.165) is 0 Å². The summed E-state index contributed by atoms with van der Waals surface area (Å²) in [4.78, 5) is 61.5. The summed E-state index contributed by atoms with van der Waals surface area (Å²) in [5.74, 6) is -3.43. The Balaban J connectivity index is 2.84. The fourth-order valence-electron chi connectivity index (χ4n) is 3.01. The van der Waals surface area contributed by atoms with Crippen LogP contribution in [-0.4, -0.2) is 88.1 Å². The highest BCUT2D eigenvalue weighted by molar-refractivity contribution is 7.98. The van der Waals surface area contributed by atoms with Crippen LogP contribution in [0, 0.1) is 0 Å². The van der Waals surface area contributed by atoms with Crippen molar-refractivity contribution in [3.05, 3.63) is 0 Å². The molecular weight excluding hydrogens is 434 g/mol. The summed E-state index contributed by atoms with van der Waals surface area (Å²) in [6.07, 6.45) is 2.60. The minimum Gasteiger partial charge on any atom is -0.480 e. The van der Waals surface area contributed by atoms with Crippen LogP contribution < -0.4 is 22.1 Å². The predicted molar refractivity (Wildman–Crippen MR) is 115 cm³/mol. The molecule has 1 rings (SSSR count). The van der Waals surface area contributed by atoms with Crippen LogP contribution >= 0.6 is 24.4 Å². The number of nitrogens with two attached hydrogens (primary N) is 2. The number of thiol groups is 1. The SMILES string of the molecule is CSCCC(N)C(=O)NC(CC(N)=O)C(=O)NC(CS)C(=O)N1CCCC1C(=O)O. The summed E-state index contributed by atoms with van der Waals surface area (Å²) in [5, 5.41) is 14.1. The van der Waals surface area contributed by atoms with Gasteiger partial charge in [-0.15, -0.1) is 0 Å². The Morgan fingerprint density at radius 3 is 2.37 bits per heavy atom. The van der Waals surface area contributed by atoms with Gasteiger partial charge in [0.25, 0.3) is 0 Å². The molecule has 4 unspecified atom stereocenters. The van der Waals surface area contributed by atoms with Crippen molar-refractivity contribution >= 4 is 54.0 Å². The molecule has 7 N–H and O–H groups in total. The topological polar surface area (TPSA) is 185 Å². The van der Waals surface area contributed by atoms with Crippen LogP contribution in [-0.2, 0) is 24.0 Å². The van der Waals surface area contributed by atoms with E-state index in [2.05, 4.69) is 23.3 Å². The van der Waals surface area contributed by atoms with Crippen LogP contribution in [0.15, 0.2) is 0 Å². The van der Waals surface area contributed by atoms with Gasteiger partial charge in [0.2, 0.25) is 23.6 Å². The number of carboxylic acids is 1. The third-order valence-electron chi connectivity index (χ3n) is 4.63. The molecule has 30 heavy (non-hydrogen) atoms. The molecule has 13 heteroatoms. The Morgan fingerprint density at radius 2 is 1.83 bits per heavy atom. The Morgan fingerprint density at radius 1 is 1.20 bits per heavy atom. The third kappa shape index (κ3) is 7.69. The highest BCUT2D eigenvalue weighted by Crippen LogP contribution is 2.19. The van der Waals surface area contributed by atoms with Gasteiger partial charge in [-0.1, -0.05) is 0 Å². The number of carbonyl (C=O) groups is 5. The van der Waals surface area contributed by atoms with Crippen LogP contribution in [0.3, 0.4) is 0 Å². The molecule has 0 aliphatic carbocycles. The number of aliphatic carboxylic acids is 1. The molecule has 170 valence electrons. The van der Waals surface area contributed by atoms with Gasteiger partial charge in [0, 0.05) is 12.3 Å². The molecule has 1 fully saturated rings. The molecule has 1 saturated heterocycles. The Bertz CT molecular complexity index is 665. The zero-order chi connectivity index (χ0) is 22.8. The average molecular weight is 464 g/mol. The number of rotatable bonds is 12. The summed E-state index contributed by atoms with van der Waals surface area (Å²) >= 11 is 5.58. The summed E-state index contributed by atoms with van der Waals surface area (Å²) in [6.45, 7) is 0.252. The summed E-state index contributed by atoms with van der Waals surface area (Å²) in [6, 6.07) is -4.28. The normalized spacial score (nSPS) is 18.9. The molecule has 4 atom stereocenters. The predicted octanol–water partition coefficient (Wildman–Crippen LogP) is -2.08. The zero-order valence-electron chi connectivity index (χ0n) is 16.7. The van der Waals surface area contributed by atoms with Gasteiger partial charge in [0.1, 0.15) is 18.1 Å². The molecule has 1 aliphatic heterocycles.